The fraction of sp³-hybridized carbons (Fsp3) is 0.286. The minimum Gasteiger partial charge on any atom is -0.352 e. The summed E-state index contributed by atoms with van der Waals surface area (Å²) >= 11 is 6.18. The Balaban J connectivity index is 2.02. The number of benzene rings is 3. The third-order valence-corrected chi connectivity index (χ3v) is 7.76. The van der Waals surface area contributed by atoms with Crippen LogP contribution in [0.25, 0.3) is 0 Å². The molecule has 1 atom stereocenters. The van der Waals surface area contributed by atoms with E-state index in [-0.39, 0.29) is 29.1 Å². The van der Waals surface area contributed by atoms with Gasteiger partial charge in [0.25, 0.3) is 10.0 Å². The number of amides is 2. The highest BCUT2D eigenvalue weighted by atomic mass is 35.5. The van der Waals surface area contributed by atoms with E-state index in [1.165, 1.54) is 23.1 Å². The van der Waals surface area contributed by atoms with Crippen LogP contribution in [0, 0.1) is 6.92 Å². The maximum Gasteiger partial charge on any atom is 0.264 e. The first-order chi connectivity index (χ1) is 17.5. The molecule has 0 fully saturated rings. The first-order valence-corrected chi connectivity index (χ1v) is 13.8. The predicted octanol–water partition coefficient (Wildman–Crippen LogP) is 4.79. The number of sulfonamides is 1. The molecule has 0 aliphatic rings. The van der Waals surface area contributed by atoms with Gasteiger partial charge in [-0.3, -0.25) is 13.9 Å². The zero-order valence-electron chi connectivity index (χ0n) is 21.4. The number of hydrogen-bond donors (Lipinski definition) is 1. The van der Waals surface area contributed by atoms with Gasteiger partial charge in [0.1, 0.15) is 12.6 Å². The van der Waals surface area contributed by atoms with Crippen molar-refractivity contribution in [2.75, 3.05) is 10.8 Å². The van der Waals surface area contributed by atoms with Crippen LogP contribution in [0.1, 0.15) is 31.9 Å². The fourth-order valence-electron chi connectivity index (χ4n) is 3.87. The molecule has 196 valence electrons. The lowest BCUT2D eigenvalue weighted by molar-refractivity contribution is -0.139. The van der Waals surface area contributed by atoms with Crippen LogP contribution in [0.3, 0.4) is 0 Å². The lowest BCUT2D eigenvalue weighted by Crippen LogP contribution is -2.52. The van der Waals surface area contributed by atoms with E-state index in [4.69, 9.17) is 11.6 Å². The molecule has 0 aliphatic heterocycles. The maximum absolute atomic E-state index is 13.8. The summed E-state index contributed by atoms with van der Waals surface area (Å²) in [6.07, 6.45) is 0. The first-order valence-electron chi connectivity index (χ1n) is 12.0. The number of hydrogen-bond acceptors (Lipinski definition) is 4. The minimum atomic E-state index is -4.12. The van der Waals surface area contributed by atoms with Crippen LogP contribution in [-0.2, 0) is 26.2 Å². The minimum absolute atomic E-state index is 0.0404. The van der Waals surface area contributed by atoms with Gasteiger partial charge in [0.05, 0.1) is 10.6 Å². The highest BCUT2D eigenvalue weighted by Crippen LogP contribution is 2.26. The smallest absolute Gasteiger partial charge is 0.264 e. The molecule has 3 aromatic rings. The van der Waals surface area contributed by atoms with Gasteiger partial charge in [0.15, 0.2) is 0 Å². The van der Waals surface area contributed by atoms with E-state index in [0.29, 0.717) is 5.02 Å². The van der Waals surface area contributed by atoms with Gasteiger partial charge in [0.2, 0.25) is 11.8 Å². The van der Waals surface area contributed by atoms with Crippen LogP contribution >= 0.6 is 11.6 Å². The van der Waals surface area contributed by atoms with Crippen LogP contribution in [-0.4, -0.2) is 43.8 Å². The van der Waals surface area contributed by atoms with E-state index in [2.05, 4.69) is 5.32 Å². The van der Waals surface area contributed by atoms with E-state index in [0.717, 1.165) is 15.4 Å². The van der Waals surface area contributed by atoms with Gasteiger partial charge in [-0.1, -0.05) is 65.7 Å². The van der Waals surface area contributed by atoms with Crippen molar-refractivity contribution in [1.29, 1.82) is 0 Å². The Morgan fingerprint density at radius 1 is 0.919 bits per heavy atom. The summed E-state index contributed by atoms with van der Waals surface area (Å²) in [5.74, 6) is -0.844. The Morgan fingerprint density at radius 2 is 1.59 bits per heavy atom. The van der Waals surface area contributed by atoms with Crippen molar-refractivity contribution in [3.63, 3.8) is 0 Å². The fourth-order valence-corrected chi connectivity index (χ4v) is 5.49. The summed E-state index contributed by atoms with van der Waals surface area (Å²) in [4.78, 5) is 28.2. The summed E-state index contributed by atoms with van der Waals surface area (Å²) in [7, 11) is -4.12. The summed E-state index contributed by atoms with van der Waals surface area (Å²) in [6.45, 7) is 6.89. The molecule has 0 heterocycles. The second-order valence-electron chi connectivity index (χ2n) is 9.15. The predicted molar refractivity (Wildman–Crippen MR) is 147 cm³/mol. The quantitative estimate of drug-likeness (QED) is 0.400. The molecule has 0 saturated carbocycles. The van der Waals surface area contributed by atoms with Crippen LogP contribution in [0.5, 0.6) is 0 Å². The number of anilines is 1. The van der Waals surface area contributed by atoms with Gasteiger partial charge in [-0.05, 0) is 63.6 Å². The van der Waals surface area contributed by atoms with Gasteiger partial charge < -0.3 is 10.2 Å². The largest absolute Gasteiger partial charge is 0.352 e. The van der Waals surface area contributed by atoms with E-state index in [9.17, 15) is 18.0 Å². The number of carbonyl (C=O) groups excluding carboxylic acids is 2. The molecule has 1 N–H and O–H groups in total. The van der Waals surface area contributed by atoms with Gasteiger partial charge >= 0.3 is 0 Å². The molecule has 37 heavy (non-hydrogen) atoms. The van der Waals surface area contributed by atoms with Crippen molar-refractivity contribution in [2.24, 2.45) is 0 Å². The van der Waals surface area contributed by atoms with Gasteiger partial charge in [0, 0.05) is 17.6 Å². The van der Waals surface area contributed by atoms with Crippen molar-refractivity contribution >= 4 is 39.1 Å². The van der Waals surface area contributed by atoms with Gasteiger partial charge in [-0.25, -0.2) is 8.42 Å². The zero-order chi connectivity index (χ0) is 27.2. The zero-order valence-corrected chi connectivity index (χ0v) is 23.0. The molecule has 0 saturated heterocycles. The molecule has 0 unspecified atom stereocenters. The Bertz CT molecular complexity index is 1350. The van der Waals surface area contributed by atoms with E-state index in [1.54, 1.807) is 43.3 Å². The Kier molecular flexibility index (Phi) is 9.34. The number of aryl methyl sites for hydroxylation is 1. The molecular weight excluding hydrogens is 510 g/mol. The lowest BCUT2D eigenvalue weighted by Gasteiger charge is -2.32. The number of nitrogens with one attached hydrogen (secondary N) is 1. The summed E-state index contributed by atoms with van der Waals surface area (Å²) < 4.78 is 28.4. The molecule has 0 aliphatic carbocycles. The van der Waals surface area contributed by atoms with Crippen LogP contribution < -0.4 is 9.62 Å². The molecular formula is C28H32ClN3O4S. The van der Waals surface area contributed by atoms with Gasteiger partial charge in [-0.2, -0.15) is 0 Å². The first kappa shape index (κ1) is 28.2. The van der Waals surface area contributed by atoms with Crippen LogP contribution in [0.4, 0.5) is 5.69 Å². The average molecular weight is 542 g/mol. The summed E-state index contributed by atoms with van der Waals surface area (Å²) in [5.41, 5.74) is 2.09. The third-order valence-electron chi connectivity index (χ3n) is 5.74. The Labute approximate surface area is 224 Å². The summed E-state index contributed by atoms with van der Waals surface area (Å²) in [6, 6.07) is 20.9. The number of carbonyl (C=O) groups is 2. The van der Waals surface area contributed by atoms with Crippen LogP contribution in [0.2, 0.25) is 5.02 Å². The van der Waals surface area contributed by atoms with Crippen molar-refractivity contribution in [1.82, 2.24) is 10.2 Å². The van der Waals surface area contributed by atoms with Crippen molar-refractivity contribution in [2.45, 2.75) is 51.2 Å². The molecule has 3 aromatic carbocycles. The second-order valence-corrected chi connectivity index (χ2v) is 11.5. The highest BCUT2D eigenvalue weighted by molar-refractivity contribution is 7.92. The topological polar surface area (TPSA) is 86.8 Å². The number of halogens is 1. The average Bonchev–Trinajstić information content (AvgIpc) is 2.85. The monoisotopic (exact) mass is 541 g/mol. The summed E-state index contributed by atoms with van der Waals surface area (Å²) in [5, 5.41) is 3.17. The molecule has 0 spiro atoms. The normalized spacial score (nSPS) is 12.2. The molecule has 3 rings (SSSR count). The number of nitrogens with zero attached hydrogens (tertiary/aromatic N) is 2. The standard InChI is InChI=1S/C28H32ClN3O4S/c1-20(2)30-28(34)22(4)31(18-23-11-8-10-21(3)16-23)27(33)19-32(25-13-9-12-24(29)17-25)37(35,36)26-14-6-5-7-15-26/h5-17,20,22H,18-19H2,1-4H3,(H,30,34)/t22-/m1/s1. The van der Waals surface area contributed by atoms with E-state index >= 15 is 0 Å². The molecule has 0 bridgehead atoms. The van der Waals surface area contributed by atoms with E-state index < -0.39 is 28.5 Å². The lowest BCUT2D eigenvalue weighted by atomic mass is 10.1. The number of rotatable bonds is 10. The van der Waals surface area contributed by atoms with Crippen molar-refractivity contribution < 1.29 is 18.0 Å². The van der Waals surface area contributed by atoms with Crippen molar-refractivity contribution in [3.05, 3.63) is 95.0 Å². The third kappa shape index (κ3) is 7.33. The van der Waals surface area contributed by atoms with E-state index in [1.807, 2.05) is 45.0 Å². The molecule has 9 heteroatoms. The Hall–Kier alpha value is -3.36. The van der Waals surface area contributed by atoms with Crippen LogP contribution in [0.15, 0.2) is 83.8 Å². The molecule has 0 aromatic heterocycles. The molecule has 0 radical (unpaired) electrons. The maximum atomic E-state index is 13.8. The Morgan fingerprint density at radius 3 is 2.22 bits per heavy atom. The van der Waals surface area contributed by atoms with Gasteiger partial charge in [-0.15, -0.1) is 0 Å². The highest BCUT2D eigenvalue weighted by Gasteiger charge is 2.32. The molecule has 2 amide bonds. The SMILES string of the molecule is Cc1cccc(CN(C(=O)CN(c2cccc(Cl)c2)S(=O)(=O)c2ccccc2)[C@H](C)C(=O)NC(C)C)c1. The second kappa shape index (κ2) is 12.3. The van der Waals surface area contributed by atoms with Crippen molar-refractivity contribution in [3.8, 4) is 0 Å². The molecule has 7 nitrogen and oxygen atoms in total.